The number of thiophene rings is 1. The molecule has 80 valence electrons. The van der Waals surface area contributed by atoms with Gasteiger partial charge in [0.15, 0.2) is 0 Å². The molecule has 2 aromatic heterocycles. The number of hydrogen-bond acceptors (Lipinski definition) is 4. The van der Waals surface area contributed by atoms with Crippen LogP contribution >= 0.6 is 43.2 Å². The van der Waals surface area contributed by atoms with Gasteiger partial charge in [-0.2, -0.15) is 0 Å². The van der Waals surface area contributed by atoms with Gasteiger partial charge in [0.25, 0.3) is 0 Å². The maximum atomic E-state index is 5.53. The fourth-order valence-electron chi connectivity index (χ4n) is 1.31. The highest BCUT2D eigenvalue weighted by Crippen LogP contribution is 2.32. The van der Waals surface area contributed by atoms with Crippen LogP contribution in [0.4, 0.5) is 0 Å². The molecule has 0 saturated carbocycles. The van der Waals surface area contributed by atoms with Crippen molar-refractivity contribution in [1.29, 1.82) is 0 Å². The summed E-state index contributed by atoms with van der Waals surface area (Å²) in [5.41, 5.74) is 3.81. The van der Waals surface area contributed by atoms with Gasteiger partial charge < -0.3 is 4.42 Å². The summed E-state index contributed by atoms with van der Waals surface area (Å²) < 4.78 is 7.36. The Hall–Kier alpha value is -0.140. The predicted octanol–water partition coefficient (Wildman–Crippen LogP) is 3.42. The topological polar surface area (TPSA) is 51.2 Å². The molecule has 0 amide bonds. The number of furan rings is 1. The maximum Gasteiger partial charge on any atom is 0.140 e. The molecule has 0 spiro atoms. The van der Waals surface area contributed by atoms with Crippen molar-refractivity contribution < 1.29 is 4.42 Å². The second kappa shape index (κ2) is 4.80. The zero-order valence-electron chi connectivity index (χ0n) is 7.54. The SMILES string of the molecule is NNC(c1csc(Br)c1)c1occc1Br. The Morgan fingerprint density at radius 3 is 2.73 bits per heavy atom. The van der Waals surface area contributed by atoms with Crippen LogP contribution in [0.2, 0.25) is 0 Å². The minimum atomic E-state index is -0.128. The largest absolute Gasteiger partial charge is 0.466 e. The van der Waals surface area contributed by atoms with Crippen LogP contribution in [0, 0.1) is 0 Å². The Kier molecular flexibility index (Phi) is 3.63. The van der Waals surface area contributed by atoms with Crippen LogP contribution < -0.4 is 11.3 Å². The number of halogens is 2. The Morgan fingerprint density at radius 1 is 1.47 bits per heavy atom. The molecule has 1 atom stereocenters. The summed E-state index contributed by atoms with van der Waals surface area (Å²) in [4.78, 5) is 0. The van der Waals surface area contributed by atoms with E-state index in [1.54, 1.807) is 17.6 Å². The zero-order chi connectivity index (χ0) is 10.8. The first kappa shape index (κ1) is 11.3. The first-order chi connectivity index (χ1) is 7.22. The van der Waals surface area contributed by atoms with Crippen molar-refractivity contribution in [3.8, 4) is 0 Å². The van der Waals surface area contributed by atoms with Crippen LogP contribution in [-0.2, 0) is 0 Å². The molecule has 3 N–H and O–H groups in total. The van der Waals surface area contributed by atoms with Gasteiger partial charge in [0.1, 0.15) is 11.8 Å². The van der Waals surface area contributed by atoms with E-state index < -0.39 is 0 Å². The molecule has 0 radical (unpaired) electrons. The number of nitrogens with two attached hydrogens (primary N) is 1. The van der Waals surface area contributed by atoms with Gasteiger partial charge in [-0.1, -0.05) is 0 Å². The highest BCUT2D eigenvalue weighted by atomic mass is 79.9. The second-order valence-corrected chi connectivity index (χ2v) is 6.06. The number of rotatable bonds is 3. The van der Waals surface area contributed by atoms with Crippen molar-refractivity contribution in [3.63, 3.8) is 0 Å². The molecule has 3 nitrogen and oxygen atoms in total. The van der Waals surface area contributed by atoms with Crippen LogP contribution in [0.3, 0.4) is 0 Å². The lowest BCUT2D eigenvalue weighted by atomic mass is 10.1. The smallest absolute Gasteiger partial charge is 0.140 e. The lowest BCUT2D eigenvalue weighted by Crippen LogP contribution is -2.28. The van der Waals surface area contributed by atoms with Crippen LogP contribution in [0.5, 0.6) is 0 Å². The van der Waals surface area contributed by atoms with Gasteiger partial charge in [0, 0.05) is 0 Å². The summed E-state index contributed by atoms with van der Waals surface area (Å²) in [6.45, 7) is 0. The molecule has 0 aliphatic carbocycles. The van der Waals surface area contributed by atoms with Crippen molar-refractivity contribution >= 4 is 43.2 Å². The van der Waals surface area contributed by atoms with E-state index in [0.717, 1.165) is 19.6 Å². The van der Waals surface area contributed by atoms with Gasteiger partial charge >= 0.3 is 0 Å². The minimum absolute atomic E-state index is 0.128. The zero-order valence-corrected chi connectivity index (χ0v) is 11.5. The Bertz CT molecular complexity index is 454. The van der Waals surface area contributed by atoms with Gasteiger partial charge in [0.2, 0.25) is 0 Å². The van der Waals surface area contributed by atoms with Crippen molar-refractivity contribution in [2.75, 3.05) is 0 Å². The summed E-state index contributed by atoms with van der Waals surface area (Å²) in [6, 6.07) is 3.74. The molecule has 0 bridgehead atoms. The Morgan fingerprint density at radius 2 is 2.27 bits per heavy atom. The van der Waals surface area contributed by atoms with E-state index in [2.05, 4.69) is 37.3 Å². The van der Waals surface area contributed by atoms with E-state index >= 15 is 0 Å². The number of nitrogens with one attached hydrogen (secondary N) is 1. The molecule has 15 heavy (non-hydrogen) atoms. The monoisotopic (exact) mass is 350 g/mol. The average Bonchev–Trinajstić information content (AvgIpc) is 2.79. The molecular weight excluding hydrogens is 344 g/mol. The van der Waals surface area contributed by atoms with E-state index in [9.17, 15) is 0 Å². The van der Waals surface area contributed by atoms with Gasteiger partial charge in [-0.3, -0.25) is 5.84 Å². The van der Waals surface area contributed by atoms with Crippen molar-refractivity contribution in [2.24, 2.45) is 5.84 Å². The molecule has 0 saturated heterocycles. The molecule has 2 rings (SSSR count). The van der Waals surface area contributed by atoms with Crippen molar-refractivity contribution in [2.45, 2.75) is 6.04 Å². The van der Waals surface area contributed by atoms with E-state index in [1.807, 2.05) is 17.5 Å². The standard InChI is InChI=1S/C9H8Br2N2OS/c10-6-1-2-14-9(6)8(13-12)5-3-7(11)15-4-5/h1-4,8,13H,12H2. The quantitative estimate of drug-likeness (QED) is 0.658. The van der Waals surface area contributed by atoms with Crippen LogP contribution in [-0.4, -0.2) is 0 Å². The summed E-state index contributed by atoms with van der Waals surface area (Å²) >= 11 is 8.45. The van der Waals surface area contributed by atoms with Gasteiger partial charge in [-0.25, -0.2) is 5.43 Å². The van der Waals surface area contributed by atoms with Crippen molar-refractivity contribution in [1.82, 2.24) is 5.43 Å². The minimum Gasteiger partial charge on any atom is -0.466 e. The van der Waals surface area contributed by atoms with Gasteiger partial charge in [-0.15, -0.1) is 11.3 Å². The lowest BCUT2D eigenvalue weighted by Gasteiger charge is -2.12. The molecule has 2 heterocycles. The van der Waals surface area contributed by atoms with E-state index in [-0.39, 0.29) is 6.04 Å². The lowest BCUT2D eigenvalue weighted by molar-refractivity contribution is 0.450. The highest BCUT2D eigenvalue weighted by Gasteiger charge is 2.19. The molecule has 0 aliphatic rings. The first-order valence-corrected chi connectivity index (χ1v) is 6.62. The summed E-state index contributed by atoms with van der Waals surface area (Å²) in [7, 11) is 0. The normalized spacial score (nSPS) is 13.0. The Labute approximate surface area is 108 Å². The third kappa shape index (κ3) is 2.34. The van der Waals surface area contributed by atoms with Gasteiger partial charge in [0.05, 0.1) is 14.5 Å². The third-order valence-corrected chi connectivity index (χ3v) is 4.17. The molecule has 0 fully saturated rings. The van der Waals surface area contributed by atoms with Crippen LogP contribution in [0.15, 0.2) is 36.5 Å². The Balaban J connectivity index is 2.36. The number of hydrazine groups is 1. The van der Waals surface area contributed by atoms with Crippen LogP contribution in [0.25, 0.3) is 0 Å². The average molecular weight is 352 g/mol. The van der Waals surface area contributed by atoms with E-state index in [4.69, 9.17) is 10.3 Å². The first-order valence-electron chi connectivity index (χ1n) is 4.15. The molecular formula is C9H8Br2N2OS. The molecule has 0 aliphatic heterocycles. The molecule has 1 unspecified atom stereocenters. The number of hydrogen-bond donors (Lipinski definition) is 2. The van der Waals surface area contributed by atoms with E-state index in [0.29, 0.717) is 0 Å². The fraction of sp³-hybridized carbons (Fsp3) is 0.111. The fourth-order valence-corrected chi connectivity index (χ4v) is 2.94. The predicted molar refractivity (Wildman–Crippen MR) is 67.6 cm³/mol. The summed E-state index contributed by atoms with van der Waals surface area (Å²) in [6.07, 6.45) is 1.63. The molecule has 6 heteroatoms. The highest BCUT2D eigenvalue weighted by molar-refractivity contribution is 9.11. The van der Waals surface area contributed by atoms with Crippen LogP contribution in [0.1, 0.15) is 17.4 Å². The van der Waals surface area contributed by atoms with E-state index in [1.165, 1.54) is 0 Å². The maximum absolute atomic E-state index is 5.53. The van der Waals surface area contributed by atoms with Crippen molar-refractivity contribution in [3.05, 3.63) is 43.4 Å². The molecule has 0 aromatic carbocycles. The molecule has 2 aromatic rings. The summed E-state index contributed by atoms with van der Waals surface area (Å²) in [5, 5.41) is 2.03. The third-order valence-electron chi connectivity index (χ3n) is 1.99. The van der Waals surface area contributed by atoms with Gasteiger partial charge in [-0.05, 0) is 54.9 Å². The summed E-state index contributed by atoms with van der Waals surface area (Å²) in [5.74, 6) is 6.31. The second-order valence-electron chi connectivity index (χ2n) is 2.92.